The van der Waals surface area contributed by atoms with Crippen molar-refractivity contribution in [3.8, 4) is 0 Å². The van der Waals surface area contributed by atoms with Gasteiger partial charge in [-0.2, -0.15) is 0 Å². The van der Waals surface area contributed by atoms with Gasteiger partial charge in [-0.3, -0.25) is 14.7 Å². The lowest BCUT2D eigenvalue weighted by molar-refractivity contribution is -0.148. The predicted octanol–water partition coefficient (Wildman–Crippen LogP) is 2.63. The molecule has 0 saturated carbocycles. The third-order valence-corrected chi connectivity index (χ3v) is 6.46. The number of pyridine rings is 1. The van der Waals surface area contributed by atoms with Crippen LogP contribution in [0.4, 0.5) is 5.69 Å². The lowest BCUT2D eigenvalue weighted by Gasteiger charge is -2.39. The van der Waals surface area contributed by atoms with Crippen LogP contribution in [0.25, 0.3) is 6.08 Å². The maximum absolute atomic E-state index is 12.8. The minimum Gasteiger partial charge on any atom is -0.371 e. The summed E-state index contributed by atoms with van der Waals surface area (Å²) in [4.78, 5) is 23.4. The zero-order valence-electron chi connectivity index (χ0n) is 17.2. The van der Waals surface area contributed by atoms with Gasteiger partial charge in [-0.1, -0.05) is 42.5 Å². The molecule has 1 unspecified atom stereocenters. The zero-order chi connectivity index (χ0) is 20.4. The van der Waals surface area contributed by atoms with Crippen molar-refractivity contribution in [2.24, 2.45) is 0 Å². The van der Waals surface area contributed by atoms with E-state index in [9.17, 15) is 4.79 Å². The van der Waals surface area contributed by atoms with Crippen molar-refractivity contribution < 1.29 is 9.53 Å². The fraction of sp³-hybridized carbons (Fsp3) is 0.417. The van der Waals surface area contributed by atoms with E-state index in [1.54, 1.807) is 0 Å². The molecular weight excluding hydrogens is 376 g/mol. The normalized spacial score (nSPS) is 24.0. The van der Waals surface area contributed by atoms with E-state index >= 15 is 0 Å². The molecule has 0 bridgehead atoms. The number of anilines is 1. The van der Waals surface area contributed by atoms with Gasteiger partial charge in [-0.25, -0.2) is 0 Å². The third-order valence-electron chi connectivity index (χ3n) is 6.46. The Balaban J connectivity index is 1.18. The smallest absolute Gasteiger partial charge is 0.238 e. The fourth-order valence-electron chi connectivity index (χ4n) is 4.80. The van der Waals surface area contributed by atoms with E-state index in [0.717, 1.165) is 45.6 Å². The Labute approximate surface area is 177 Å². The number of nitrogens with zero attached hydrogens (tertiary/aromatic N) is 4. The van der Waals surface area contributed by atoms with Crippen LogP contribution in [-0.4, -0.2) is 71.8 Å². The summed E-state index contributed by atoms with van der Waals surface area (Å²) in [6.45, 7) is 4.63. The molecule has 3 aliphatic heterocycles. The van der Waals surface area contributed by atoms with E-state index in [0.29, 0.717) is 6.54 Å². The van der Waals surface area contributed by atoms with Crippen LogP contribution in [0.5, 0.6) is 0 Å². The van der Waals surface area contributed by atoms with E-state index in [1.165, 1.54) is 11.3 Å². The molecule has 3 fully saturated rings. The highest BCUT2D eigenvalue weighted by Crippen LogP contribution is 2.37. The average Bonchev–Trinajstić information content (AvgIpc) is 3.14. The summed E-state index contributed by atoms with van der Waals surface area (Å²) in [6.07, 6.45) is 9.70. The number of piperazine rings is 1. The van der Waals surface area contributed by atoms with Crippen LogP contribution in [0.3, 0.4) is 0 Å². The Kier molecular flexibility index (Phi) is 5.27. The summed E-state index contributed by atoms with van der Waals surface area (Å²) in [5.41, 5.74) is 2.20. The third kappa shape index (κ3) is 3.98. The maximum Gasteiger partial charge on any atom is 0.238 e. The number of fused-ring (bicyclic) bond motifs is 1. The highest BCUT2D eigenvalue weighted by molar-refractivity contribution is 5.79. The average molecular weight is 405 g/mol. The molecule has 30 heavy (non-hydrogen) atoms. The Morgan fingerprint density at radius 2 is 1.87 bits per heavy atom. The molecule has 6 heteroatoms. The topological polar surface area (TPSA) is 48.9 Å². The number of ether oxygens (including phenoxy) is 1. The van der Waals surface area contributed by atoms with E-state index in [2.05, 4.69) is 51.2 Å². The second-order valence-electron chi connectivity index (χ2n) is 8.48. The SMILES string of the molecule is O=C1CN(C/C=C/c2ccccc2)CC2OC3(CCN(c4ccncc4)CC3)CN12. The Bertz CT molecular complexity index is 894. The second kappa shape index (κ2) is 8.20. The number of amides is 1. The maximum atomic E-state index is 12.8. The number of piperidine rings is 1. The molecule has 1 aromatic carbocycles. The number of carbonyl (C=O) groups is 1. The molecule has 4 heterocycles. The van der Waals surface area contributed by atoms with Gasteiger partial charge in [0.15, 0.2) is 0 Å². The summed E-state index contributed by atoms with van der Waals surface area (Å²) >= 11 is 0. The molecule has 3 aliphatic rings. The van der Waals surface area contributed by atoms with Crippen LogP contribution >= 0.6 is 0 Å². The number of rotatable bonds is 4. The molecule has 1 amide bonds. The van der Waals surface area contributed by atoms with Gasteiger partial charge in [0, 0.05) is 44.3 Å². The zero-order valence-corrected chi connectivity index (χ0v) is 17.2. The molecule has 5 rings (SSSR count). The summed E-state index contributed by atoms with van der Waals surface area (Å²) < 4.78 is 6.54. The molecule has 1 atom stereocenters. The molecule has 156 valence electrons. The lowest BCUT2D eigenvalue weighted by Crippen LogP contribution is -2.54. The van der Waals surface area contributed by atoms with Gasteiger partial charge in [-0.05, 0) is 30.5 Å². The van der Waals surface area contributed by atoms with E-state index < -0.39 is 0 Å². The molecule has 1 aromatic heterocycles. The van der Waals surface area contributed by atoms with Crippen molar-refractivity contribution in [1.82, 2.24) is 14.8 Å². The molecule has 3 saturated heterocycles. The van der Waals surface area contributed by atoms with Crippen LogP contribution in [0, 0.1) is 0 Å². The molecule has 2 aromatic rings. The van der Waals surface area contributed by atoms with Gasteiger partial charge in [0.25, 0.3) is 0 Å². The first-order chi connectivity index (χ1) is 14.7. The van der Waals surface area contributed by atoms with Crippen LogP contribution in [0.15, 0.2) is 60.9 Å². The number of carbonyl (C=O) groups excluding carboxylic acids is 1. The van der Waals surface area contributed by atoms with Crippen molar-refractivity contribution >= 4 is 17.7 Å². The first kappa shape index (κ1) is 19.3. The van der Waals surface area contributed by atoms with Crippen LogP contribution < -0.4 is 4.90 Å². The van der Waals surface area contributed by atoms with Crippen molar-refractivity contribution in [3.05, 3.63) is 66.5 Å². The van der Waals surface area contributed by atoms with E-state index in [-0.39, 0.29) is 17.7 Å². The summed E-state index contributed by atoms with van der Waals surface area (Å²) in [6, 6.07) is 14.4. The quantitative estimate of drug-likeness (QED) is 0.784. The summed E-state index contributed by atoms with van der Waals surface area (Å²) in [5.74, 6) is 0.188. The number of aromatic nitrogens is 1. The van der Waals surface area contributed by atoms with Crippen LogP contribution in [0.1, 0.15) is 18.4 Å². The molecule has 0 N–H and O–H groups in total. The highest BCUT2D eigenvalue weighted by Gasteiger charge is 2.50. The molecule has 6 nitrogen and oxygen atoms in total. The molecule has 0 aliphatic carbocycles. The van der Waals surface area contributed by atoms with Gasteiger partial charge in [0.2, 0.25) is 5.91 Å². The first-order valence-electron chi connectivity index (χ1n) is 10.8. The largest absolute Gasteiger partial charge is 0.371 e. The van der Waals surface area contributed by atoms with Crippen molar-refractivity contribution in [1.29, 1.82) is 0 Å². The summed E-state index contributed by atoms with van der Waals surface area (Å²) in [5, 5.41) is 0. The van der Waals surface area contributed by atoms with Crippen LogP contribution in [0.2, 0.25) is 0 Å². The van der Waals surface area contributed by atoms with Gasteiger partial charge in [-0.15, -0.1) is 0 Å². The minimum atomic E-state index is -0.195. The van der Waals surface area contributed by atoms with Gasteiger partial charge in [0.1, 0.15) is 6.23 Å². The van der Waals surface area contributed by atoms with Crippen molar-refractivity contribution in [3.63, 3.8) is 0 Å². The van der Waals surface area contributed by atoms with Gasteiger partial charge >= 0.3 is 0 Å². The minimum absolute atomic E-state index is 0.121. The molecule has 1 spiro atoms. The molecular formula is C24H28N4O2. The number of hydrogen-bond donors (Lipinski definition) is 0. The van der Waals surface area contributed by atoms with Gasteiger partial charge < -0.3 is 14.5 Å². The lowest BCUT2D eigenvalue weighted by atomic mass is 9.91. The monoisotopic (exact) mass is 404 g/mol. The Morgan fingerprint density at radius 1 is 1.10 bits per heavy atom. The first-order valence-corrected chi connectivity index (χ1v) is 10.8. The van der Waals surface area contributed by atoms with Crippen molar-refractivity contribution in [2.45, 2.75) is 24.7 Å². The number of hydrogen-bond acceptors (Lipinski definition) is 5. The highest BCUT2D eigenvalue weighted by atomic mass is 16.5. The Morgan fingerprint density at radius 3 is 2.63 bits per heavy atom. The Hall–Kier alpha value is -2.70. The molecule has 0 radical (unpaired) electrons. The summed E-state index contributed by atoms with van der Waals surface area (Å²) in [7, 11) is 0. The van der Waals surface area contributed by atoms with E-state index in [4.69, 9.17) is 4.74 Å². The van der Waals surface area contributed by atoms with E-state index in [1.807, 2.05) is 35.5 Å². The van der Waals surface area contributed by atoms with Crippen LogP contribution in [-0.2, 0) is 9.53 Å². The standard InChI is InChI=1S/C24H28N4O2/c29-22-17-26(14-4-7-20-5-2-1-3-6-20)18-23-28(22)19-24(30-23)10-15-27(16-11-24)21-8-12-25-13-9-21/h1-9,12-13,23H,10-11,14-19H2/b7-4+. The second-order valence-corrected chi connectivity index (χ2v) is 8.48. The number of benzene rings is 1. The van der Waals surface area contributed by atoms with Gasteiger partial charge in [0.05, 0.1) is 18.7 Å². The fourth-order valence-corrected chi connectivity index (χ4v) is 4.80. The predicted molar refractivity (Wildman–Crippen MR) is 117 cm³/mol. The van der Waals surface area contributed by atoms with Crippen molar-refractivity contribution in [2.75, 3.05) is 44.2 Å².